The number of alkyl halides is 3. The molecule has 0 saturated carbocycles. The number of amides is 1. The minimum atomic E-state index is -4.59. The second kappa shape index (κ2) is 7.92. The highest BCUT2D eigenvalue weighted by Crippen LogP contribution is 2.37. The standard InChI is InChI=1S/C15H19F3N2O3S.ClH/c1-7-8(2)13(24-9(7)3)19-12(21)6-20-4-10(14(22)23)11(5-20)15(16,17)18;/h10-11H,4-6H2,1-3H3,(H,19,21)(H,22,23);1H/t10-,11-;/m1./s1. The fourth-order valence-corrected chi connectivity index (χ4v) is 3.91. The summed E-state index contributed by atoms with van der Waals surface area (Å²) in [5.74, 6) is -5.41. The number of halogens is 4. The van der Waals surface area contributed by atoms with Crippen LogP contribution in [0.1, 0.15) is 16.0 Å². The van der Waals surface area contributed by atoms with E-state index < -0.39 is 36.4 Å². The Kier molecular flexibility index (Phi) is 6.88. The van der Waals surface area contributed by atoms with Gasteiger partial charge in [-0.15, -0.1) is 23.7 Å². The van der Waals surface area contributed by atoms with E-state index in [1.165, 1.54) is 16.2 Å². The van der Waals surface area contributed by atoms with Crippen molar-refractivity contribution in [2.75, 3.05) is 25.0 Å². The maximum Gasteiger partial charge on any atom is 0.393 e. The van der Waals surface area contributed by atoms with Gasteiger partial charge in [0.15, 0.2) is 0 Å². The van der Waals surface area contributed by atoms with Crippen LogP contribution >= 0.6 is 23.7 Å². The molecule has 5 nitrogen and oxygen atoms in total. The van der Waals surface area contributed by atoms with Gasteiger partial charge in [-0.3, -0.25) is 14.5 Å². The number of carbonyl (C=O) groups excluding carboxylic acids is 1. The smallest absolute Gasteiger partial charge is 0.393 e. The third kappa shape index (κ3) is 4.86. The van der Waals surface area contributed by atoms with Crippen molar-refractivity contribution in [3.8, 4) is 0 Å². The molecular weight excluding hydrogens is 381 g/mol. The summed E-state index contributed by atoms with van der Waals surface area (Å²) < 4.78 is 38.8. The first-order valence-electron chi connectivity index (χ1n) is 7.39. The predicted octanol–water partition coefficient (Wildman–Crippen LogP) is 3.23. The molecule has 25 heavy (non-hydrogen) atoms. The summed E-state index contributed by atoms with van der Waals surface area (Å²) in [6, 6.07) is 0. The van der Waals surface area contributed by atoms with E-state index >= 15 is 0 Å². The lowest BCUT2D eigenvalue weighted by molar-refractivity contribution is -0.188. The molecule has 1 aliphatic rings. The first kappa shape index (κ1) is 21.7. The van der Waals surface area contributed by atoms with Gasteiger partial charge in [0.1, 0.15) is 0 Å². The maximum atomic E-state index is 12.9. The number of aliphatic carboxylic acids is 1. The number of hydrogen-bond acceptors (Lipinski definition) is 4. The van der Waals surface area contributed by atoms with Crippen LogP contribution in [0.5, 0.6) is 0 Å². The molecule has 10 heteroatoms. The average Bonchev–Trinajstić information content (AvgIpc) is 2.97. The number of likely N-dealkylation sites (tertiary alicyclic amines) is 1. The number of anilines is 1. The Labute approximate surface area is 153 Å². The van der Waals surface area contributed by atoms with Crippen LogP contribution in [0, 0.1) is 32.6 Å². The second-order valence-corrected chi connectivity index (χ2v) is 7.30. The Morgan fingerprint density at radius 3 is 2.24 bits per heavy atom. The number of aryl methyl sites for hydroxylation is 1. The summed E-state index contributed by atoms with van der Waals surface area (Å²) in [6.07, 6.45) is -4.59. The minimum absolute atomic E-state index is 0. The third-order valence-electron chi connectivity index (χ3n) is 4.44. The molecule has 1 aromatic rings. The topological polar surface area (TPSA) is 69.6 Å². The van der Waals surface area contributed by atoms with Gasteiger partial charge in [-0.25, -0.2) is 0 Å². The average molecular weight is 401 g/mol. The van der Waals surface area contributed by atoms with E-state index in [1.807, 2.05) is 20.8 Å². The molecule has 0 unspecified atom stereocenters. The lowest BCUT2D eigenvalue weighted by Crippen LogP contribution is -2.34. The van der Waals surface area contributed by atoms with Crippen LogP contribution < -0.4 is 5.32 Å². The van der Waals surface area contributed by atoms with Gasteiger partial charge in [-0.05, 0) is 31.9 Å². The van der Waals surface area contributed by atoms with E-state index in [9.17, 15) is 22.8 Å². The number of nitrogens with one attached hydrogen (secondary N) is 1. The first-order chi connectivity index (χ1) is 11.0. The molecule has 2 N–H and O–H groups in total. The molecule has 1 fully saturated rings. The molecule has 1 aliphatic heterocycles. The van der Waals surface area contributed by atoms with Gasteiger partial charge < -0.3 is 10.4 Å². The molecular formula is C15H20ClF3N2O3S. The third-order valence-corrected chi connectivity index (χ3v) is 5.66. The van der Waals surface area contributed by atoms with Gasteiger partial charge in [0.05, 0.1) is 23.4 Å². The van der Waals surface area contributed by atoms with Crippen molar-refractivity contribution in [1.82, 2.24) is 4.90 Å². The molecule has 0 radical (unpaired) electrons. The largest absolute Gasteiger partial charge is 0.481 e. The number of hydrogen-bond donors (Lipinski definition) is 2. The van der Waals surface area contributed by atoms with Crippen molar-refractivity contribution in [2.45, 2.75) is 26.9 Å². The SMILES string of the molecule is Cc1sc(NC(=O)CN2C[C@@H](C(F)(F)F)[C@H](C(=O)O)C2)c(C)c1C.Cl. The molecule has 2 rings (SSSR count). The normalized spacial score (nSPS) is 21.0. The van der Waals surface area contributed by atoms with Gasteiger partial charge in [0.2, 0.25) is 5.91 Å². The van der Waals surface area contributed by atoms with Crippen molar-refractivity contribution in [3.63, 3.8) is 0 Å². The number of nitrogens with zero attached hydrogens (tertiary/aromatic N) is 1. The van der Waals surface area contributed by atoms with Gasteiger partial charge >= 0.3 is 12.1 Å². The van der Waals surface area contributed by atoms with Crippen LogP contribution in [-0.2, 0) is 9.59 Å². The minimum Gasteiger partial charge on any atom is -0.481 e. The molecule has 0 aliphatic carbocycles. The molecule has 142 valence electrons. The Morgan fingerprint density at radius 2 is 1.84 bits per heavy atom. The van der Waals surface area contributed by atoms with Crippen LogP contribution in [0.3, 0.4) is 0 Å². The number of carboxylic acids is 1. The first-order valence-corrected chi connectivity index (χ1v) is 8.20. The quantitative estimate of drug-likeness (QED) is 0.814. The lowest BCUT2D eigenvalue weighted by Gasteiger charge is -2.18. The molecule has 1 amide bonds. The van der Waals surface area contributed by atoms with Gasteiger partial charge in [0, 0.05) is 18.0 Å². The zero-order chi connectivity index (χ0) is 18.2. The lowest BCUT2D eigenvalue weighted by atomic mass is 9.96. The monoisotopic (exact) mass is 400 g/mol. The molecule has 0 spiro atoms. The van der Waals surface area contributed by atoms with Crippen LogP contribution in [0.4, 0.5) is 18.2 Å². The van der Waals surface area contributed by atoms with E-state index in [-0.39, 0.29) is 25.5 Å². The van der Waals surface area contributed by atoms with E-state index in [1.54, 1.807) is 0 Å². The van der Waals surface area contributed by atoms with Crippen LogP contribution in [-0.4, -0.2) is 47.7 Å². The highest BCUT2D eigenvalue weighted by atomic mass is 35.5. The van der Waals surface area contributed by atoms with Crippen molar-refractivity contribution in [3.05, 3.63) is 16.0 Å². The van der Waals surface area contributed by atoms with Gasteiger partial charge in [-0.2, -0.15) is 13.2 Å². The zero-order valence-corrected chi connectivity index (χ0v) is 15.6. The predicted molar refractivity (Wildman–Crippen MR) is 91.5 cm³/mol. The molecule has 2 heterocycles. The number of thiophene rings is 1. The Hall–Kier alpha value is -1.32. The Morgan fingerprint density at radius 1 is 1.24 bits per heavy atom. The molecule has 2 atom stereocenters. The van der Waals surface area contributed by atoms with Gasteiger partial charge in [0.25, 0.3) is 0 Å². The van der Waals surface area contributed by atoms with Crippen molar-refractivity contribution in [1.29, 1.82) is 0 Å². The van der Waals surface area contributed by atoms with Crippen molar-refractivity contribution < 1.29 is 27.9 Å². The van der Waals surface area contributed by atoms with E-state index in [2.05, 4.69) is 5.32 Å². The van der Waals surface area contributed by atoms with Gasteiger partial charge in [-0.1, -0.05) is 0 Å². The van der Waals surface area contributed by atoms with E-state index in [0.29, 0.717) is 5.00 Å². The number of carboxylic acid groups (broad SMARTS) is 1. The number of rotatable bonds is 4. The molecule has 0 bridgehead atoms. The Balaban J connectivity index is 0.00000312. The summed E-state index contributed by atoms with van der Waals surface area (Å²) in [7, 11) is 0. The summed E-state index contributed by atoms with van der Waals surface area (Å²) in [5, 5.41) is 12.4. The highest BCUT2D eigenvalue weighted by molar-refractivity contribution is 7.16. The van der Waals surface area contributed by atoms with Crippen LogP contribution in [0.2, 0.25) is 0 Å². The van der Waals surface area contributed by atoms with Crippen molar-refractivity contribution in [2.24, 2.45) is 11.8 Å². The summed E-state index contributed by atoms with van der Waals surface area (Å²) in [4.78, 5) is 25.4. The molecule has 1 saturated heterocycles. The van der Waals surface area contributed by atoms with E-state index in [4.69, 9.17) is 5.11 Å². The van der Waals surface area contributed by atoms with Crippen LogP contribution in [0.15, 0.2) is 0 Å². The summed E-state index contributed by atoms with van der Waals surface area (Å²) in [6.45, 7) is 4.71. The van der Waals surface area contributed by atoms with Crippen molar-refractivity contribution >= 4 is 40.6 Å². The fraction of sp³-hybridized carbons (Fsp3) is 0.600. The fourth-order valence-electron chi connectivity index (χ4n) is 2.83. The number of carbonyl (C=O) groups is 2. The van der Waals surface area contributed by atoms with Crippen LogP contribution in [0.25, 0.3) is 0 Å². The molecule has 1 aromatic heterocycles. The Bertz CT molecular complexity index is 663. The van der Waals surface area contributed by atoms with E-state index in [0.717, 1.165) is 16.0 Å². The second-order valence-electron chi connectivity index (χ2n) is 6.07. The highest BCUT2D eigenvalue weighted by Gasteiger charge is 2.52. The summed E-state index contributed by atoms with van der Waals surface area (Å²) >= 11 is 1.41. The summed E-state index contributed by atoms with van der Waals surface area (Å²) in [5.41, 5.74) is 2.00. The zero-order valence-electron chi connectivity index (χ0n) is 13.9. The maximum absolute atomic E-state index is 12.9. The molecule has 0 aromatic carbocycles.